The molecule has 0 atom stereocenters. The van der Waals surface area contributed by atoms with Crippen LogP contribution < -0.4 is 10.2 Å². The van der Waals surface area contributed by atoms with Gasteiger partial charge in [0.05, 0.1) is 12.5 Å². The molecule has 2 amide bonds. The predicted octanol–water partition coefficient (Wildman–Crippen LogP) is 3.82. The summed E-state index contributed by atoms with van der Waals surface area (Å²) in [7, 11) is 0. The Labute approximate surface area is 169 Å². The van der Waals surface area contributed by atoms with Crippen LogP contribution in [-0.4, -0.2) is 31.6 Å². The van der Waals surface area contributed by atoms with Gasteiger partial charge in [0.1, 0.15) is 6.61 Å². The zero-order valence-electron chi connectivity index (χ0n) is 16.0. The fraction of sp³-hybridized carbons (Fsp3) is 0.167. The highest BCUT2D eigenvalue weighted by Gasteiger charge is 2.23. The summed E-state index contributed by atoms with van der Waals surface area (Å²) >= 11 is 0. The summed E-state index contributed by atoms with van der Waals surface area (Å²) in [6, 6.07) is 26.8. The Bertz CT molecular complexity index is 933. The van der Waals surface area contributed by atoms with Crippen LogP contribution in [-0.2, 0) is 14.3 Å². The SMILES string of the molecule is O=C(Nc1ccc(N2CCOCC2=O)cc1)C(c1ccccc1)c1ccccc1. The van der Waals surface area contributed by atoms with Gasteiger partial charge in [-0.05, 0) is 35.4 Å². The van der Waals surface area contributed by atoms with E-state index in [4.69, 9.17) is 4.74 Å². The molecule has 1 heterocycles. The number of ether oxygens (including phenoxy) is 1. The topological polar surface area (TPSA) is 58.6 Å². The largest absolute Gasteiger partial charge is 0.370 e. The lowest BCUT2D eigenvalue weighted by molar-refractivity contribution is -0.125. The number of carbonyl (C=O) groups excluding carboxylic acids is 2. The van der Waals surface area contributed by atoms with Crippen LogP contribution in [0.2, 0.25) is 0 Å². The number of hydrogen-bond acceptors (Lipinski definition) is 3. The van der Waals surface area contributed by atoms with Gasteiger partial charge in [0.15, 0.2) is 0 Å². The van der Waals surface area contributed by atoms with E-state index in [-0.39, 0.29) is 18.4 Å². The van der Waals surface area contributed by atoms with Crippen LogP contribution in [0.5, 0.6) is 0 Å². The second-order valence-corrected chi connectivity index (χ2v) is 6.89. The second kappa shape index (κ2) is 8.71. The molecule has 0 aliphatic carbocycles. The van der Waals surface area contributed by atoms with E-state index in [9.17, 15) is 9.59 Å². The first kappa shape index (κ1) is 18.9. The number of rotatable bonds is 5. The Morgan fingerprint density at radius 3 is 2.00 bits per heavy atom. The van der Waals surface area contributed by atoms with Crippen LogP contribution in [0.25, 0.3) is 0 Å². The van der Waals surface area contributed by atoms with Gasteiger partial charge in [-0.25, -0.2) is 0 Å². The number of nitrogens with zero attached hydrogens (tertiary/aromatic N) is 1. The van der Waals surface area contributed by atoms with E-state index in [1.165, 1.54) is 0 Å². The molecule has 0 saturated carbocycles. The molecular weight excluding hydrogens is 364 g/mol. The first-order valence-corrected chi connectivity index (χ1v) is 9.61. The highest BCUT2D eigenvalue weighted by atomic mass is 16.5. The Hall–Kier alpha value is -3.44. The smallest absolute Gasteiger partial charge is 0.253 e. The summed E-state index contributed by atoms with van der Waals surface area (Å²) in [6.45, 7) is 1.17. The molecule has 146 valence electrons. The Morgan fingerprint density at radius 1 is 0.862 bits per heavy atom. The Balaban J connectivity index is 1.54. The lowest BCUT2D eigenvalue weighted by Crippen LogP contribution is -2.41. The van der Waals surface area contributed by atoms with Gasteiger partial charge in [0.25, 0.3) is 5.91 Å². The van der Waals surface area contributed by atoms with Gasteiger partial charge in [-0.15, -0.1) is 0 Å². The van der Waals surface area contributed by atoms with Gasteiger partial charge in [0.2, 0.25) is 5.91 Å². The summed E-state index contributed by atoms with van der Waals surface area (Å²) in [5.74, 6) is -0.559. The van der Waals surface area contributed by atoms with Gasteiger partial charge < -0.3 is 15.0 Å². The molecule has 1 fully saturated rings. The van der Waals surface area contributed by atoms with Crippen LogP contribution >= 0.6 is 0 Å². The maximum Gasteiger partial charge on any atom is 0.253 e. The van der Waals surface area contributed by atoms with Crippen LogP contribution in [0.15, 0.2) is 84.9 Å². The normalized spacial score (nSPS) is 14.1. The average Bonchev–Trinajstić information content (AvgIpc) is 2.76. The van der Waals surface area contributed by atoms with Crippen molar-refractivity contribution >= 4 is 23.2 Å². The third-order valence-electron chi connectivity index (χ3n) is 4.96. The van der Waals surface area contributed by atoms with E-state index in [1.54, 1.807) is 4.90 Å². The highest BCUT2D eigenvalue weighted by Crippen LogP contribution is 2.27. The molecule has 0 unspecified atom stereocenters. The van der Waals surface area contributed by atoms with Crippen LogP contribution in [0.1, 0.15) is 17.0 Å². The number of nitrogens with one attached hydrogen (secondary N) is 1. The number of morpholine rings is 1. The standard InChI is InChI=1S/C24H22N2O3/c27-22-17-29-16-15-26(22)21-13-11-20(12-14-21)25-24(28)23(18-7-3-1-4-8-18)19-9-5-2-6-10-19/h1-14,23H,15-17H2,(H,25,28). The molecule has 3 aromatic rings. The quantitative estimate of drug-likeness (QED) is 0.725. The lowest BCUT2D eigenvalue weighted by atomic mass is 9.90. The van der Waals surface area contributed by atoms with Gasteiger partial charge >= 0.3 is 0 Å². The maximum absolute atomic E-state index is 13.2. The van der Waals surface area contributed by atoms with E-state index in [1.807, 2.05) is 84.9 Å². The average molecular weight is 386 g/mol. The molecule has 4 rings (SSSR count). The van der Waals surface area contributed by atoms with Gasteiger partial charge in [-0.1, -0.05) is 60.7 Å². The zero-order valence-corrected chi connectivity index (χ0v) is 16.0. The third kappa shape index (κ3) is 4.36. The molecule has 3 aromatic carbocycles. The maximum atomic E-state index is 13.2. The molecule has 0 spiro atoms. The molecule has 0 radical (unpaired) electrons. The fourth-order valence-electron chi connectivity index (χ4n) is 3.52. The van der Waals surface area contributed by atoms with Crippen molar-refractivity contribution in [3.8, 4) is 0 Å². The van der Waals surface area contributed by atoms with Gasteiger partial charge in [-0.2, -0.15) is 0 Å². The predicted molar refractivity (Wildman–Crippen MR) is 113 cm³/mol. The van der Waals surface area contributed by atoms with Crippen molar-refractivity contribution in [2.75, 3.05) is 30.0 Å². The van der Waals surface area contributed by atoms with Crippen LogP contribution in [0, 0.1) is 0 Å². The minimum absolute atomic E-state index is 0.0544. The Kier molecular flexibility index (Phi) is 5.68. The van der Waals surface area contributed by atoms with Crippen molar-refractivity contribution in [1.29, 1.82) is 0 Å². The molecule has 1 N–H and O–H groups in total. The van der Waals surface area contributed by atoms with Crippen molar-refractivity contribution in [1.82, 2.24) is 0 Å². The van der Waals surface area contributed by atoms with E-state index < -0.39 is 5.92 Å². The number of anilines is 2. The van der Waals surface area contributed by atoms with Gasteiger partial charge in [0, 0.05) is 17.9 Å². The number of benzene rings is 3. The van der Waals surface area contributed by atoms with Crippen molar-refractivity contribution in [3.63, 3.8) is 0 Å². The lowest BCUT2D eigenvalue weighted by Gasteiger charge is -2.27. The minimum atomic E-state index is -0.405. The Morgan fingerprint density at radius 2 is 1.45 bits per heavy atom. The first-order chi connectivity index (χ1) is 14.2. The second-order valence-electron chi connectivity index (χ2n) is 6.89. The zero-order chi connectivity index (χ0) is 20.1. The molecule has 29 heavy (non-hydrogen) atoms. The van der Waals surface area contributed by atoms with E-state index in [0.29, 0.717) is 18.8 Å². The summed E-state index contributed by atoms with van der Waals surface area (Å²) in [5.41, 5.74) is 3.37. The molecule has 1 saturated heterocycles. The third-order valence-corrected chi connectivity index (χ3v) is 4.96. The molecular formula is C24H22N2O3. The number of carbonyl (C=O) groups is 2. The first-order valence-electron chi connectivity index (χ1n) is 9.61. The summed E-state index contributed by atoms with van der Waals surface area (Å²) < 4.78 is 5.17. The summed E-state index contributed by atoms with van der Waals surface area (Å²) in [6.07, 6.45) is 0. The monoisotopic (exact) mass is 386 g/mol. The minimum Gasteiger partial charge on any atom is -0.370 e. The molecule has 1 aliphatic heterocycles. The molecule has 0 bridgehead atoms. The fourth-order valence-corrected chi connectivity index (χ4v) is 3.52. The summed E-state index contributed by atoms with van der Waals surface area (Å²) in [5, 5.41) is 3.01. The van der Waals surface area contributed by atoms with E-state index in [2.05, 4.69) is 5.32 Å². The summed E-state index contributed by atoms with van der Waals surface area (Å²) in [4.78, 5) is 26.9. The number of hydrogen-bond donors (Lipinski definition) is 1. The van der Waals surface area contributed by atoms with Gasteiger partial charge in [-0.3, -0.25) is 9.59 Å². The highest BCUT2D eigenvalue weighted by molar-refractivity contribution is 5.99. The van der Waals surface area contributed by atoms with Crippen LogP contribution in [0.4, 0.5) is 11.4 Å². The van der Waals surface area contributed by atoms with Crippen molar-refractivity contribution < 1.29 is 14.3 Å². The molecule has 1 aliphatic rings. The van der Waals surface area contributed by atoms with E-state index in [0.717, 1.165) is 16.8 Å². The van der Waals surface area contributed by atoms with E-state index >= 15 is 0 Å². The van der Waals surface area contributed by atoms with Crippen LogP contribution in [0.3, 0.4) is 0 Å². The van der Waals surface area contributed by atoms with Crippen molar-refractivity contribution in [3.05, 3.63) is 96.1 Å². The molecule has 5 heteroatoms. The number of amides is 2. The molecule has 0 aromatic heterocycles. The molecule has 5 nitrogen and oxygen atoms in total. The van der Waals surface area contributed by atoms with Crippen molar-refractivity contribution in [2.45, 2.75) is 5.92 Å². The van der Waals surface area contributed by atoms with Crippen molar-refractivity contribution in [2.24, 2.45) is 0 Å².